The molecule has 1 aliphatic heterocycles. The molecule has 2 atom stereocenters. The minimum atomic E-state index is 0.285. The van der Waals surface area contributed by atoms with Gasteiger partial charge >= 0.3 is 0 Å². The predicted octanol–water partition coefficient (Wildman–Crippen LogP) is 1.98. The summed E-state index contributed by atoms with van der Waals surface area (Å²) in [6.45, 7) is 4.68. The van der Waals surface area contributed by atoms with Gasteiger partial charge in [0.25, 0.3) is 0 Å². The highest BCUT2D eigenvalue weighted by Gasteiger charge is 2.28. The largest absolute Gasteiger partial charge is 0.378 e. The second-order valence-corrected chi connectivity index (χ2v) is 4.84. The van der Waals surface area contributed by atoms with Crippen LogP contribution in [-0.4, -0.2) is 32.3 Å². The third-order valence-electron chi connectivity index (χ3n) is 3.12. The molecule has 5 nitrogen and oxygen atoms in total. The molecule has 0 amide bonds. The molecule has 17 heavy (non-hydrogen) atoms. The summed E-state index contributed by atoms with van der Waals surface area (Å²) in [5.41, 5.74) is 0.747. The molecule has 6 heteroatoms. The van der Waals surface area contributed by atoms with Crippen LogP contribution in [-0.2, 0) is 4.74 Å². The van der Waals surface area contributed by atoms with Crippen molar-refractivity contribution in [2.75, 3.05) is 6.61 Å². The highest BCUT2D eigenvalue weighted by Crippen LogP contribution is 2.28. The summed E-state index contributed by atoms with van der Waals surface area (Å²) in [7, 11) is 0. The Morgan fingerprint density at radius 1 is 1.47 bits per heavy atom. The van der Waals surface area contributed by atoms with Gasteiger partial charge in [-0.3, -0.25) is 4.40 Å². The van der Waals surface area contributed by atoms with Gasteiger partial charge in [-0.05, 0) is 20.3 Å². The SMILES string of the molecule is Cc1nc(Cl)cc2nnc(C3COC(C)C3)n12. The Kier molecular flexibility index (Phi) is 2.52. The van der Waals surface area contributed by atoms with Crippen molar-refractivity contribution >= 4 is 17.2 Å². The first-order valence-electron chi connectivity index (χ1n) is 5.65. The molecule has 0 spiro atoms. The maximum atomic E-state index is 5.90. The van der Waals surface area contributed by atoms with Crippen molar-refractivity contribution in [1.82, 2.24) is 19.6 Å². The molecule has 0 N–H and O–H groups in total. The Bertz CT molecular complexity index is 568. The van der Waals surface area contributed by atoms with Gasteiger partial charge in [0, 0.05) is 12.0 Å². The van der Waals surface area contributed by atoms with Crippen molar-refractivity contribution in [1.29, 1.82) is 0 Å². The lowest BCUT2D eigenvalue weighted by Gasteiger charge is -2.07. The van der Waals surface area contributed by atoms with Crippen molar-refractivity contribution in [3.63, 3.8) is 0 Å². The van der Waals surface area contributed by atoms with Gasteiger partial charge in [0.1, 0.15) is 16.8 Å². The zero-order chi connectivity index (χ0) is 12.0. The van der Waals surface area contributed by atoms with E-state index in [2.05, 4.69) is 22.1 Å². The number of aromatic nitrogens is 4. The number of hydrogen-bond donors (Lipinski definition) is 0. The fourth-order valence-electron chi connectivity index (χ4n) is 2.34. The second-order valence-electron chi connectivity index (χ2n) is 4.45. The molecule has 0 saturated carbocycles. The van der Waals surface area contributed by atoms with Crippen LogP contribution in [0.3, 0.4) is 0 Å². The fourth-order valence-corrected chi connectivity index (χ4v) is 2.56. The van der Waals surface area contributed by atoms with Gasteiger partial charge < -0.3 is 4.74 Å². The molecule has 1 aliphatic rings. The molecule has 1 fully saturated rings. The van der Waals surface area contributed by atoms with E-state index in [9.17, 15) is 0 Å². The van der Waals surface area contributed by atoms with Crippen molar-refractivity contribution < 1.29 is 4.74 Å². The van der Waals surface area contributed by atoms with Gasteiger partial charge in [0.15, 0.2) is 5.65 Å². The van der Waals surface area contributed by atoms with E-state index in [1.54, 1.807) is 6.07 Å². The smallest absolute Gasteiger partial charge is 0.165 e. The van der Waals surface area contributed by atoms with Crippen LogP contribution in [0.25, 0.3) is 5.65 Å². The maximum absolute atomic E-state index is 5.90. The van der Waals surface area contributed by atoms with E-state index in [1.807, 2.05) is 11.3 Å². The van der Waals surface area contributed by atoms with Gasteiger partial charge in [-0.15, -0.1) is 10.2 Å². The number of aryl methyl sites for hydroxylation is 1. The Morgan fingerprint density at radius 2 is 2.29 bits per heavy atom. The molecule has 3 rings (SSSR count). The summed E-state index contributed by atoms with van der Waals surface area (Å²) in [6, 6.07) is 1.73. The van der Waals surface area contributed by atoms with Crippen molar-refractivity contribution in [2.45, 2.75) is 32.3 Å². The van der Waals surface area contributed by atoms with Gasteiger partial charge in [0.2, 0.25) is 0 Å². The van der Waals surface area contributed by atoms with Crippen LogP contribution in [0.4, 0.5) is 0 Å². The van der Waals surface area contributed by atoms with E-state index in [1.165, 1.54) is 0 Å². The first-order valence-corrected chi connectivity index (χ1v) is 6.02. The number of fused-ring (bicyclic) bond motifs is 1. The third-order valence-corrected chi connectivity index (χ3v) is 3.31. The van der Waals surface area contributed by atoms with Crippen LogP contribution in [0, 0.1) is 6.92 Å². The van der Waals surface area contributed by atoms with Crippen molar-refractivity contribution in [2.24, 2.45) is 0 Å². The van der Waals surface area contributed by atoms with Crippen molar-refractivity contribution in [3.05, 3.63) is 22.9 Å². The van der Waals surface area contributed by atoms with Crippen LogP contribution in [0.1, 0.15) is 30.9 Å². The minimum Gasteiger partial charge on any atom is -0.378 e. The number of nitrogens with zero attached hydrogens (tertiary/aromatic N) is 4. The number of hydrogen-bond acceptors (Lipinski definition) is 4. The van der Waals surface area contributed by atoms with E-state index in [0.717, 1.165) is 23.7 Å². The summed E-state index contributed by atoms with van der Waals surface area (Å²) < 4.78 is 7.53. The first-order chi connectivity index (χ1) is 8.15. The van der Waals surface area contributed by atoms with Crippen LogP contribution < -0.4 is 0 Å². The first kappa shape index (κ1) is 10.9. The van der Waals surface area contributed by atoms with Gasteiger partial charge in [0.05, 0.1) is 12.7 Å². The molecule has 3 heterocycles. The molecule has 90 valence electrons. The monoisotopic (exact) mass is 252 g/mol. The van der Waals surface area contributed by atoms with Gasteiger partial charge in [-0.1, -0.05) is 11.6 Å². The van der Waals surface area contributed by atoms with Crippen LogP contribution in [0.2, 0.25) is 5.15 Å². The Labute approximate surface area is 104 Å². The van der Waals surface area contributed by atoms with E-state index in [-0.39, 0.29) is 6.10 Å². The highest BCUT2D eigenvalue weighted by atomic mass is 35.5. The lowest BCUT2D eigenvalue weighted by atomic mass is 10.1. The topological polar surface area (TPSA) is 52.3 Å². The minimum absolute atomic E-state index is 0.285. The third kappa shape index (κ3) is 1.79. The molecular weight excluding hydrogens is 240 g/mol. The van der Waals surface area contributed by atoms with Crippen molar-refractivity contribution in [3.8, 4) is 0 Å². The Hall–Kier alpha value is -1.20. The van der Waals surface area contributed by atoms with Crippen LogP contribution in [0.5, 0.6) is 0 Å². The molecule has 2 aromatic rings. The predicted molar refractivity (Wildman–Crippen MR) is 63.3 cm³/mol. The fraction of sp³-hybridized carbons (Fsp3) is 0.545. The van der Waals surface area contributed by atoms with E-state index >= 15 is 0 Å². The van der Waals surface area contributed by atoms with E-state index in [4.69, 9.17) is 16.3 Å². The van der Waals surface area contributed by atoms with Crippen LogP contribution in [0.15, 0.2) is 6.07 Å². The molecule has 0 radical (unpaired) electrons. The summed E-state index contributed by atoms with van der Waals surface area (Å²) in [6.07, 6.45) is 1.26. The van der Waals surface area contributed by atoms with Crippen LogP contribution >= 0.6 is 11.6 Å². The summed E-state index contributed by atoms with van der Waals surface area (Å²) in [4.78, 5) is 4.23. The molecule has 0 bridgehead atoms. The Morgan fingerprint density at radius 3 is 3.00 bits per heavy atom. The summed E-state index contributed by atoms with van der Waals surface area (Å²) in [5, 5.41) is 8.84. The zero-order valence-corrected chi connectivity index (χ0v) is 10.5. The number of rotatable bonds is 1. The molecule has 2 aromatic heterocycles. The van der Waals surface area contributed by atoms with E-state index < -0.39 is 0 Å². The average Bonchev–Trinajstić information content (AvgIpc) is 2.83. The summed E-state index contributed by atoms with van der Waals surface area (Å²) >= 11 is 5.90. The molecule has 1 saturated heterocycles. The number of halogens is 1. The Balaban J connectivity index is 2.11. The normalized spacial score (nSPS) is 24.6. The average molecular weight is 253 g/mol. The standard InChI is InChI=1S/C11H13ClN4O/c1-6-3-8(5-17-6)11-15-14-10-4-9(12)13-7(2)16(10)11/h4,6,8H,3,5H2,1-2H3. The quantitative estimate of drug-likeness (QED) is 0.729. The second kappa shape index (κ2) is 3.92. The maximum Gasteiger partial charge on any atom is 0.165 e. The zero-order valence-electron chi connectivity index (χ0n) is 9.72. The lowest BCUT2D eigenvalue weighted by molar-refractivity contribution is 0.123. The molecule has 2 unspecified atom stereocenters. The summed E-state index contributed by atoms with van der Waals surface area (Å²) in [5.74, 6) is 2.03. The van der Waals surface area contributed by atoms with E-state index in [0.29, 0.717) is 17.7 Å². The molecule has 0 aliphatic carbocycles. The van der Waals surface area contributed by atoms with Gasteiger partial charge in [-0.2, -0.15) is 0 Å². The van der Waals surface area contributed by atoms with Gasteiger partial charge in [-0.25, -0.2) is 4.98 Å². The highest BCUT2D eigenvalue weighted by molar-refractivity contribution is 6.29. The molecule has 0 aromatic carbocycles. The lowest BCUT2D eigenvalue weighted by Crippen LogP contribution is -2.07. The number of ether oxygens (including phenoxy) is 1. The molecular formula is C11H13ClN4O.